The molecule has 0 spiro atoms. The Balaban J connectivity index is 1.49. The smallest absolute Gasteiger partial charge is 0.317 e. The van der Waals surface area contributed by atoms with Crippen molar-refractivity contribution in [2.45, 2.75) is 25.4 Å². The van der Waals surface area contributed by atoms with Crippen molar-refractivity contribution in [2.75, 3.05) is 58.4 Å². The molecule has 0 aromatic carbocycles. The third kappa shape index (κ3) is 4.83. The highest BCUT2D eigenvalue weighted by molar-refractivity contribution is 5.74. The summed E-state index contributed by atoms with van der Waals surface area (Å²) in [7, 11) is 4.21. The van der Waals surface area contributed by atoms with Crippen LogP contribution in [0.15, 0.2) is 18.3 Å². The zero-order valence-electron chi connectivity index (χ0n) is 15.3. The Labute approximate surface area is 149 Å². The number of hydrogen-bond donors (Lipinski definition) is 1. The Morgan fingerprint density at radius 2 is 2.00 bits per heavy atom. The third-order valence-corrected chi connectivity index (χ3v) is 5.07. The zero-order valence-corrected chi connectivity index (χ0v) is 15.3. The summed E-state index contributed by atoms with van der Waals surface area (Å²) in [6.07, 6.45) is 3.89. The zero-order chi connectivity index (χ0) is 17.6. The number of morpholine rings is 1. The lowest BCUT2D eigenvalue weighted by Crippen LogP contribution is -2.48. The van der Waals surface area contributed by atoms with Gasteiger partial charge in [0.25, 0.3) is 0 Å². The quantitative estimate of drug-likeness (QED) is 0.885. The van der Waals surface area contributed by atoms with Crippen LogP contribution in [-0.4, -0.2) is 80.3 Å². The monoisotopic (exact) mass is 347 g/mol. The van der Waals surface area contributed by atoms with Crippen LogP contribution in [0.2, 0.25) is 0 Å². The van der Waals surface area contributed by atoms with Gasteiger partial charge in [0, 0.05) is 45.0 Å². The van der Waals surface area contributed by atoms with Gasteiger partial charge in [-0.3, -0.25) is 0 Å². The second-order valence-electron chi connectivity index (χ2n) is 6.96. The van der Waals surface area contributed by atoms with Crippen molar-refractivity contribution < 1.29 is 9.53 Å². The van der Waals surface area contributed by atoms with Crippen molar-refractivity contribution in [2.24, 2.45) is 0 Å². The average Bonchev–Trinajstić information content (AvgIpc) is 2.67. The lowest BCUT2D eigenvalue weighted by Gasteiger charge is -2.35. The number of carbonyl (C=O) groups excluding carboxylic acids is 1. The lowest BCUT2D eigenvalue weighted by molar-refractivity contribution is 0.122. The van der Waals surface area contributed by atoms with E-state index in [-0.39, 0.29) is 6.03 Å². The first kappa shape index (κ1) is 17.9. The molecule has 0 unspecified atom stereocenters. The number of ether oxygens (including phenoxy) is 1. The molecule has 1 N–H and O–H groups in total. The number of aromatic nitrogens is 1. The first-order chi connectivity index (χ1) is 12.1. The number of anilines is 1. The van der Waals surface area contributed by atoms with Gasteiger partial charge >= 0.3 is 6.03 Å². The number of nitrogens with zero attached hydrogens (tertiary/aromatic N) is 4. The lowest BCUT2D eigenvalue weighted by atomic mass is 10.0. The van der Waals surface area contributed by atoms with Crippen LogP contribution in [0.5, 0.6) is 0 Å². The molecule has 2 amide bonds. The van der Waals surface area contributed by atoms with Crippen LogP contribution in [0.1, 0.15) is 18.4 Å². The molecular formula is C18H29N5O2. The summed E-state index contributed by atoms with van der Waals surface area (Å²) >= 11 is 0. The van der Waals surface area contributed by atoms with E-state index in [0.29, 0.717) is 12.6 Å². The van der Waals surface area contributed by atoms with Crippen molar-refractivity contribution >= 4 is 11.8 Å². The highest BCUT2D eigenvalue weighted by atomic mass is 16.5. The molecule has 0 saturated carbocycles. The van der Waals surface area contributed by atoms with Crippen LogP contribution in [-0.2, 0) is 11.3 Å². The summed E-state index contributed by atoms with van der Waals surface area (Å²) < 4.78 is 5.38. The largest absolute Gasteiger partial charge is 0.378 e. The molecule has 25 heavy (non-hydrogen) atoms. The highest BCUT2D eigenvalue weighted by Crippen LogP contribution is 2.16. The van der Waals surface area contributed by atoms with Crippen molar-refractivity contribution in [3.63, 3.8) is 0 Å². The normalized spacial score (nSPS) is 19.3. The maximum atomic E-state index is 12.4. The summed E-state index contributed by atoms with van der Waals surface area (Å²) in [4.78, 5) is 23.2. The summed E-state index contributed by atoms with van der Waals surface area (Å²) in [6, 6.07) is 4.63. The Morgan fingerprint density at radius 1 is 1.28 bits per heavy atom. The van der Waals surface area contributed by atoms with Crippen molar-refractivity contribution in [3.8, 4) is 0 Å². The van der Waals surface area contributed by atoms with E-state index in [9.17, 15) is 4.79 Å². The molecule has 138 valence electrons. The Kier molecular flexibility index (Phi) is 6.09. The van der Waals surface area contributed by atoms with E-state index in [2.05, 4.69) is 40.3 Å². The fourth-order valence-electron chi connectivity index (χ4n) is 3.41. The topological polar surface area (TPSA) is 60.9 Å². The first-order valence-electron chi connectivity index (χ1n) is 9.10. The van der Waals surface area contributed by atoms with Crippen LogP contribution in [0.3, 0.4) is 0 Å². The fourth-order valence-corrected chi connectivity index (χ4v) is 3.41. The maximum absolute atomic E-state index is 12.4. The first-order valence-corrected chi connectivity index (χ1v) is 9.10. The van der Waals surface area contributed by atoms with E-state index in [1.807, 2.05) is 17.2 Å². The number of hydrogen-bond acceptors (Lipinski definition) is 5. The molecule has 0 atom stereocenters. The number of carbonyl (C=O) groups is 1. The van der Waals surface area contributed by atoms with Gasteiger partial charge in [0.15, 0.2) is 0 Å². The van der Waals surface area contributed by atoms with Crippen LogP contribution in [0.4, 0.5) is 10.6 Å². The predicted octanol–water partition coefficient (Wildman–Crippen LogP) is 1.15. The number of rotatable bonds is 4. The van der Waals surface area contributed by atoms with E-state index in [1.54, 1.807) is 0 Å². The molecule has 0 bridgehead atoms. The van der Waals surface area contributed by atoms with E-state index in [0.717, 1.165) is 63.6 Å². The molecule has 2 fully saturated rings. The SMILES string of the molecule is CN(C)C1CCN(C(=O)NCc2ccnc(N3CCOCC3)c2)CC1. The Morgan fingerprint density at radius 3 is 2.68 bits per heavy atom. The molecule has 0 aliphatic carbocycles. The number of likely N-dealkylation sites (tertiary alicyclic amines) is 1. The van der Waals surface area contributed by atoms with Crippen molar-refractivity contribution in [1.29, 1.82) is 0 Å². The van der Waals surface area contributed by atoms with Gasteiger partial charge in [-0.15, -0.1) is 0 Å². The number of nitrogens with one attached hydrogen (secondary N) is 1. The van der Waals surface area contributed by atoms with Crippen LogP contribution in [0.25, 0.3) is 0 Å². The summed E-state index contributed by atoms with van der Waals surface area (Å²) in [6.45, 7) is 5.39. The fraction of sp³-hybridized carbons (Fsp3) is 0.667. The second-order valence-corrected chi connectivity index (χ2v) is 6.96. The van der Waals surface area contributed by atoms with Crippen LogP contribution in [0, 0.1) is 0 Å². The molecule has 0 radical (unpaired) electrons. The maximum Gasteiger partial charge on any atom is 0.317 e. The molecule has 1 aromatic rings. The summed E-state index contributed by atoms with van der Waals surface area (Å²) in [5, 5.41) is 3.05. The van der Waals surface area contributed by atoms with E-state index in [4.69, 9.17) is 4.74 Å². The van der Waals surface area contributed by atoms with Gasteiger partial charge in [-0.1, -0.05) is 0 Å². The van der Waals surface area contributed by atoms with Crippen LogP contribution >= 0.6 is 0 Å². The van der Waals surface area contributed by atoms with Gasteiger partial charge in [-0.05, 0) is 44.6 Å². The minimum absolute atomic E-state index is 0.0296. The number of urea groups is 1. The minimum Gasteiger partial charge on any atom is -0.378 e. The van der Waals surface area contributed by atoms with Gasteiger partial charge in [0.1, 0.15) is 5.82 Å². The molecule has 3 heterocycles. The van der Waals surface area contributed by atoms with Crippen LogP contribution < -0.4 is 10.2 Å². The molecule has 2 saturated heterocycles. The number of pyridine rings is 1. The number of piperidine rings is 1. The Bertz CT molecular complexity index is 566. The van der Waals surface area contributed by atoms with Gasteiger partial charge in [-0.2, -0.15) is 0 Å². The van der Waals surface area contributed by atoms with E-state index >= 15 is 0 Å². The predicted molar refractivity (Wildman–Crippen MR) is 97.8 cm³/mol. The van der Waals surface area contributed by atoms with E-state index < -0.39 is 0 Å². The van der Waals surface area contributed by atoms with Gasteiger partial charge in [-0.25, -0.2) is 9.78 Å². The second kappa shape index (κ2) is 8.49. The van der Waals surface area contributed by atoms with Crippen molar-refractivity contribution in [3.05, 3.63) is 23.9 Å². The molecule has 2 aliphatic rings. The molecule has 7 heteroatoms. The molecule has 7 nitrogen and oxygen atoms in total. The molecule has 1 aromatic heterocycles. The summed E-state index contributed by atoms with van der Waals surface area (Å²) in [5.74, 6) is 0.960. The molecular weight excluding hydrogens is 318 g/mol. The molecule has 2 aliphatic heterocycles. The Hall–Kier alpha value is -1.86. The van der Waals surface area contributed by atoms with Gasteiger partial charge < -0.3 is 24.8 Å². The minimum atomic E-state index is 0.0296. The van der Waals surface area contributed by atoms with Gasteiger partial charge in [0.05, 0.1) is 13.2 Å². The molecule has 3 rings (SSSR count). The third-order valence-electron chi connectivity index (χ3n) is 5.07. The standard InChI is InChI=1S/C18H29N5O2/c1-21(2)16-4-7-23(8-5-16)18(24)20-14-15-3-6-19-17(13-15)22-9-11-25-12-10-22/h3,6,13,16H,4-5,7-12,14H2,1-2H3,(H,20,24). The van der Waals surface area contributed by atoms with Gasteiger partial charge in [0.2, 0.25) is 0 Å². The number of amides is 2. The van der Waals surface area contributed by atoms with E-state index in [1.165, 1.54) is 0 Å². The summed E-state index contributed by atoms with van der Waals surface area (Å²) in [5.41, 5.74) is 1.08. The van der Waals surface area contributed by atoms with Crippen molar-refractivity contribution in [1.82, 2.24) is 20.1 Å². The highest BCUT2D eigenvalue weighted by Gasteiger charge is 2.23. The average molecular weight is 347 g/mol.